The van der Waals surface area contributed by atoms with Gasteiger partial charge in [-0.1, -0.05) is 30.3 Å². The van der Waals surface area contributed by atoms with Gasteiger partial charge in [0.05, 0.1) is 12.1 Å². The molecule has 1 atom stereocenters. The standard InChI is InChI=1S/C20H22N2O2.C2H2O4/c1-13-21-19-17(22(13)2)11-15(12-23-3)16-9-10-18(24-20(16)19)14-7-5-4-6-8-14;3-1(4)2(5)6/h4-8,11,18H,9-10,12H2,1-3H3;(H,3,4)(H,5,6). The van der Waals surface area contributed by atoms with Crippen molar-refractivity contribution in [1.82, 2.24) is 9.55 Å². The molecule has 2 N–H and O–H groups in total. The van der Waals surface area contributed by atoms with Gasteiger partial charge in [0.1, 0.15) is 17.4 Å². The molecule has 158 valence electrons. The summed E-state index contributed by atoms with van der Waals surface area (Å²) in [6, 6.07) is 12.6. The van der Waals surface area contributed by atoms with Gasteiger partial charge in [-0.3, -0.25) is 0 Å². The SMILES string of the molecule is COCc1cc2c(nc(C)n2C)c2c1CCC(c1ccccc1)O2.O=C(O)C(=O)O. The van der Waals surface area contributed by atoms with Crippen molar-refractivity contribution >= 4 is 23.0 Å². The molecule has 2 aromatic carbocycles. The molecule has 0 aliphatic carbocycles. The van der Waals surface area contributed by atoms with Gasteiger partial charge in [0.15, 0.2) is 5.75 Å². The molecular weight excluding hydrogens is 388 g/mol. The van der Waals surface area contributed by atoms with Crippen molar-refractivity contribution in [2.24, 2.45) is 7.05 Å². The zero-order valence-corrected chi connectivity index (χ0v) is 17.1. The molecule has 30 heavy (non-hydrogen) atoms. The molecule has 0 saturated carbocycles. The fraction of sp³-hybridized carbons (Fsp3) is 0.318. The summed E-state index contributed by atoms with van der Waals surface area (Å²) < 4.78 is 14.0. The first-order chi connectivity index (χ1) is 14.3. The van der Waals surface area contributed by atoms with Gasteiger partial charge in [0.2, 0.25) is 0 Å². The van der Waals surface area contributed by atoms with E-state index in [4.69, 9.17) is 34.3 Å². The van der Waals surface area contributed by atoms with Crippen LogP contribution in [0.5, 0.6) is 5.75 Å². The molecule has 0 fully saturated rings. The molecule has 1 aliphatic rings. The monoisotopic (exact) mass is 412 g/mol. The largest absolute Gasteiger partial charge is 0.483 e. The fourth-order valence-corrected chi connectivity index (χ4v) is 3.56. The minimum atomic E-state index is -1.82. The van der Waals surface area contributed by atoms with Gasteiger partial charge in [0, 0.05) is 19.7 Å². The highest BCUT2D eigenvalue weighted by atomic mass is 16.5. The Labute approximate surface area is 173 Å². The zero-order chi connectivity index (χ0) is 21.8. The van der Waals surface area contributed by atoms with Crippen molar-refractivity contribution in [2.75, 3.05) is 7.11 Å². The number of imidazole rings is 1. The summed E-state index contributed by atoms with van der Waals surface area (Å²) in [7, 11) is 3.78. The molecule has 0 radical (unpaired) electrons. The molecule has 3 aromatic rings. The van der Waals surface area contributed by atoms with Crippen LogP contribution in [0.2, 0.25) is 0 Å². The number of carboxylic acid groups (broad SMARTS) is 2. The summed E-state index contributed by atoms with van der Waals surface area (Å²) in [5.74, 6) is -1.72. The number of aliphatic carboxylic acids is 2. The van der Waals surface area contributed by atoms with Crippen LogP contribution in [0.1, 0.15) is 35.0 Å². The molecule has 0 saturated heterocycles. The van der Waals surface area contributed by atoms with Gasteiger partial charge in [-0.05, 0) is 37.0 Å². The lowest BCUT2D eigenvalue weighted by Crippen LogP contribution is -2.17. The predicted octanol–water partition coefficient (Wildman–Crippen LogP) is 3.25. The van der Waals surface area contributed by atoms with E-state index >= 15 is 0 Å². The van der Waals surface area contributed by atoms with E-state index in [2.05, 4.69) is 34.9 Å². The number of carbonyl (C=O) groups is 2. The average Bonchev–Trinajstić information content (AvgIpc) is 3.03. The van der Waals surface area contributed by atoms with E-state index in [0.29, 0.717) is 6.61 Å². The van der Waals surface area contributed by atoms with Crippen LogP contribution >= 0.6 is 0 Å². The van der Waals surface area contributed by atoms with Gasteiger partial charge >= 0.3 is 11.9 Å². The number of carboxylic acids is 2. The summed E-state index contributed by atoms with van der Waals surface area (Å²) in [6.07, 6.45) is 2.05. The van der Waals surface area contributed by atoms with E-state index < -0.39 is 11.9 Å². The highest BCUT2D eigenvalue weighted by Crippen LogP contribution is 2.41. The van der Waals surface area contributed by atoms with Crippen LogP contribution in [-0.2, 0) is 34.4 Å². The summed E-state index contributed by atoms with van der Waals surface area (Å²) >= 11 is 0. The number of hydrogen-bond acceptors (Lipinski definition) is 5. The number of fused-ring (bicyclic) bond motifs is 3. The van der Waals surface area contributed by atoms with Gasteiger partial charge in [-0.2, -0.15) is 0 Å². The van der Waals surface area contributed by atoms with Gasteiger partial charge < -0.3 is 24.3 Å². The second-order valence-corrected chi connectivity index (χ2v) is 7.03. The van der Waals surface area contributed by atoms with Crippen molar-refractivity contribution in [3.8, 4) is 5.75 Å². The van der Waals surface area contributed by atoms with Crippen molar-refractivity contribution in [3.63, 3.8) is 0 Å². The van der Waals surface area contributed by atoms with Crippen LogP contribution in [-0.4, -0.2) is 38.8 Å². The van der Waals surface area contributed by atoms with Crippen LogP contribution < -0.4 is 4.74 Å². The average molecular weight is 412 g/mol. The summed E-state index contributed by atoms with van der Waals surface area (Å²) in [5.41, 5.74) is 5.74. The van der Waals surface area contributed by atoms with Gasteiger partial charge in [-0.15, -0.1) is 0 Å². The molecule has 8 heteroatoms. The van der Waals surface area contributed by atoms with E-state index in [-0.39, 0.29) is 6.10 Å². The second kappa shape index (κ2) is 8.96. The lowest BCUT2D eigenvalue weighted by molar-refractivity contribution is -0.159. The third kappa shape index (κ3) is 4.28. The first-order valence-electron chi connectivity index (χ1n) is 9.48. The van der Waals surface area contributed by atoms with Crippen LogP contribution in [0.15, 0.2) is 36.4 Å². The molecule has 1 aromatic heterocycles. The predicted molar refractivity (Wildman–Crippen MR) is 110 cm³/mol. The van der Waals surface area contributed by atoms with Crippen molar-refractivity contribution in [3.05, 3.63) is 58.9 Å². The minimum Gasteiger partial charge on any atom is -0.483 e. The van der Waals surface area contributed by atoms with E-state index in [9.17, 15) is 0 Å². The maximum Gasteiger partial charge on any atom is 0.414 e. The fourth-order valence-electron chi connectivity index (χ4n) is 3.56. The Balaban J connectivity index is 0.000000377. The molecule has 4 rings (SSSR count). The maximum atomic E-state index is 9.10. The molecule has 2 heterocycles. The second-order valence-electron chi connectivity index (χ2n) is 7.03. The molecule has 1 unspecified atom stereocenters. The molecule has 0 amide bonds. The van der Waals surface area contributed by atoms with Crippen molar-refractivity contribution < 1.29 is 29.3 Å². The lowest BCUT2D eigenvalue weighted by atomic mass is 9.93. The van der Waals surface area contributed by atoms with Crippen molar-refractivity contribution in [2.45, 2.75) is 32.5 Å². The van der Waals surface area contributed by atoms with Crippen LogP contribution in [0.4, 0.5) is 0 Å². The Kier molecular flexibility index (Phi) is 6.37. The molecule has 0 spiro atoms. The topological polar surface area (TPSA) is 111 Å². The lowest BCUT2D eigenvalue weighted by Gasteiger charge is -2.28. The number of benzene rings is 2. The Morgan fingerprint density at radius 2 is 1.90 bits per heavy atom. The summed E-state index contributed by atoms with van der Waals surface area (Å²) in [5, 5.41) is 14.8. The number of ether oxygens (including phenoxy) is 2. The molecule has 8 nitrogen and oxygen atoms in total. The van der Waals surface area contributed by atoms with Crippen LogP contribution in [0, 0.1) is 6.92 Å². The van der Waals surface area contributed by atoms with Crippen LogP contribution in [0.25, 0.3) is 11.0 Å². The maximum absolute atomic E-state index is 9.10. The highest BCUT2D eigenvalue weighted by molar-refractivity contribution is 6.27. The number of aryl methyl sites for hydroxylation is 2. The number of methoxy groups -OCH3 is 1. The molecule has 0 bridgehead atoms. The number of nitrogens with zero attached hydrogens (tertiary/aromatic N) is 2. The number of hydrogen-bond donors (Lipinski definition) is 2. The zero-order valence-electron chi connectivity index (χ0n) is 17.1. The first-order valence-corrected chi connectivity index (χ1v) is 9.48. The number of aromatic nitrogens is 2. The summed E-state index contributed by atoms with van der Waals surface area (Å²) in [4.78, 5) is 23.0. The van der Waals surface area contributed by atoms with Crippen molar-refractivity contribution in [1.29, 1.82) is 0 Å². The minimum absolute atomic E-state index is 0.0852. The van der Waals surface area contributed by atoms with E-state index in [1.54, 1.807) is 7.11 Å². The summed E-state index contributed by atoms with van der Waals surface area (Å²) in [6.45, 7) is 2.63. The molecule has 1 aliphatic heterocycles. The third-order valence-corrected chi connectivity index (χ3v) is 5.12. The van der Waals surface area contributed by atoms with E-state index in [0.717, 1.165) is 35.4 Å². The first kappa shape index (κ1) is 21.3. The number of rotatable bonds is 3. The van der Waals surface area contributed by atoms with Gasteiger partial charge in [-0.25, -0.2) is 14.6 Å². The normalized spacial score (nSPS) is 15.0. The Morgan fingerprint density at radius 1 is 1.23 bits per heavy atom. The quantitative estimate of drug-likeness (QED) is 0.635. The smallest absolute Gasteiger partial charge is 0.414 e. The highest BCUT2D eigenvalue weighted by Gasteiger charge is 2.27. The van der Waals surface area contributed by atoms with E-state index in [1.165, 1.54) is 16.7 Å². The Bertz CT molecular complexity index is 1060. The van der Waals surface area contributed by atoms with Crippen LogP contribution in [0.3, 0.4) is 0 Å². The molecular formula is C22H24N2O6. The Hall–Kier alpha value is -3.39. The Morgan fingerprint density at radius 3 is 2.50 bits per heavy atom. The third-order valence-electron chi connectivity index (χ3n) is 5.12. The van der Waals surface area contributed by atoms with Gasteiger partial charge in [0.25, 0.3) is 0 Å². The van der Waals surface area contributed by atoms with E-state index in [1.807, 2.05) is 20.0 Å².